The van der Waals surface area contributed by atoms with Gasteiger partial charge in [-0.05, 0) is 31.9 Å². The molecule has 1 amide bonds. The average Bonchev–Trinajstić information content (AvgIpc) is 2.73. The van der Waals surface area contributed by atoms with Crippen LogP contribution in [0.25, 0.3) is 10.1 Å². The van der Waals surface area contributed by atoms with Crippen LogP contribution in [0.4, 0.5) is 0 Å². The summed E-state index contributed by atoms with van der Waals surface area (Å²) in [5, 5.41) is 5.51. The first-order chi connectivity index (χ1) is 9.52. The molecule has 1 aromatic carbocycles. The molecule has 0 fully saturated rings. The van der Waals surface area contributed by atoms with E-state index in [-0.39, 0.29) is 5.91 Å². The molecule has 0 aliphatic rings. The van der Waals surface area contributed by atoms with E-state index in [1.165, 1.54) is 11.3 Å². The van der Waals surface area contributed by atoms with E-state index in [9.17, 15) is 4.79 Å². The van der Waals surface area contributed by atoms with Crippen LogP contribution in [0.5, 0.6) is 0 Å². The van der Waals surface area contributed by atoms with Crippen molar-refractivity contribution < 1.29 is 4.79 Å². The smallest absolute Gasteiger partial charge is 0.266 e. The highest BCUT2D eigenvalue weighted by Gasteiger charge is 2.16. The number of benzene rings is 1. The molecule has 0 aliphatic heterocycles. The standard InChI is InChI=1S/C15H17ClN2OS/c1-4-5-10(3)17-18-15(19)14-13(16)11-7-6-9(2)8-12(11)20-14/h6-8H,4-5H2,1-3H3,(H,18,19). The summed E-state index contributed by atoms with van der Waals surface area (Å²) in [7, 11) is 0. The van der Waals surface area contributed by atoms with Gasteiger partial charge in [-0.2, -0.15) is 5.10 Å². The molecule has 0 aliphatic carbocycles. The first-order valence-electron chi connectivity index (χ1n) is 6.55. The number of amides is 1. The van der Waals surface area contributed by atoms with E-state index in [1.807, 2.05) is 32.0 Å². The highest BCUT2D eigenvalue weighted by molar-refractivity contribution is 7.21. The van der Waals surface area contributed by atoms with Gasteiger partial charge in [-0.3, -0.25) is 4.79 Å². The van der Waals surface area contributed by atoms with E-state index >= 15 is 0 Å². The van der Waals surface area contributed by atoms with Crippen molar-refractivity contribution in [2.24, 2.45) is 5.10 Å². The van der Waals surface area contributed by atoms with E-state index in [2.05, 4.69) is 17.5 Å². The summed E-state index contributed by atoms with van der Waals surface area (Å²) >= 11 is 7.68. The molecule has 3 nitrogen and oxygen atoms in total. The summed E-state index contributed by atoms with van der Waals surface area (Å²) in [4.78, 5) is 12.7. The molecule has 1 N–H and O–H groups in total. The molecule has 0 saturated heterocycles. The monoisotopic (exact) mass is 308 g/mol. The van der Waals surface area contributed by atoms with Crippen molar-refractivity contribution in [3.8, 4) is 0 Å². The number of thiophene rings is 1. The van der Waals surface area contributed by atoms with Gasteiger partial charge in [0, 0.05) is 15.8 Å². The lowest BCUT2D eigenvalue weighted by Crippen LogP contribution is -2.18. The summed E-state index contributed by atoms with van der Waals surface area (Å²) in [6.07, 6.45) is 1.88. The van der Waals surface area contributed by atoms with Gasteiger partial charge in [-0.1, -0.05) is 37.1 Å². The predicted octanol–water partition coefficient (Wildman–Crippen LogP) is 4.77. The number of fused-ring (bicyclic) bond motifs is 1. The first-order valence-corrected chi connectivity index (χ1v) is 7.74. The minimum absolute atomic E-state index is 0.246. The molecule has 0 saturated carbocycles. The van der Waals surface area contributed by atoms with E-state index < -0.39 is 0 Å². The Kier molecular flexibility index (Phi) is 4.78. The Balaban J connectivity index is 2.26. The van der Waals surface area contributed by atoms with Crippen molar-refractivity contribution in [1.29, 1.82) is 0 Å². The van der Waals surface area contributed by atoms with Crippen LogP contribution in [-0.2, 0) is 0 Å². The lowest BCUT2D eigenvalue weighted by molar-refractivity contribution is 0.0959. The van der Waals surface area contributed by atoms with E-state index in [1.54, 1.807) is 0 Å². The van der Waals surface area contributed by atoms with Crippen LogP contribution in [0.3, 0.4) is 0 Å². The fourth-order valence-electron chi connectivity index (χ4n) is 1.93. The number of hydrogen-bond donors (Lipinski definition) is 1. The van der Waals surface area contributed by atoms with Crippen LogP contribution in [0.2, 0.25) is 5.02 Å². The van der Waals surface area contributed by atoms with E-state index in [0.717, 1.165) is 34.2 Å². The number of carbonyl (C=O) groups is 1. The normalized spacial score (nSPS) is 11.9. The molecule has 106 valence electrons. The van der Waals surface area contributed by atoms with Crippen molar-refractivity contribution in [3.05, 3.63) is 33.7 Å². The summed E-state index contributed by atoms with van der Waals surface area (Å²) in [5.74, 6) is -0.246. The molecule has 1 aromatic heterocycles. The Morgan fingerprint density at radius 2 is 2.20 bits per heavy atom. The Labute approximate surface area is 127 Å². The number of rotatable bonds is 4. The third kappa shape index (κ3) is 3.19. The summed E-state index contributed by atoms with van der Waals surface area (Å²) in [6, 6.07) is 5.98. The number of halogens is 1. The lowest BCUT2D eigenvalue weighted by atomic mass is 10.2. The van der Waals surface area contributed by atoms with Gasteiger partial charge in [0.1, 0.15) is 4.88 Å². The average molecular weight is 309 g/mol. The summed E-state index contributed by atoms with van der Waals surface area (Å²) in [6.45, 7) is 6.00. The molecule has 0 bridgehead atoms. The molecule has 0 radical (unpaired) electrons. The Hall–Kier alpha value is -1.39. The van der Waals surface area contributed by atoms with Gasteiger partial charge >= 0.3 is 0 Å². The van der Waals surface area contributed by atoms with E-state index in [0.29, 0.717) is 9.90 Å². The second-order valence-corrected chi connectivity index (χ2v) is 6.21. The van der Waals surface area contributed by atoms with Gasteiger partial charge in [0.25, 0.3) is 5.91 Å². The SMILES string of the molecule is CCCC(C)=NNC(=O)c1sc2cc(C)ccc2c1Cl. The van der Waals surface area contributed by atoms with Crippen molar-refractivity contribution in [3.63, 3.8) is 0 Å². The molecule has 5 heteroatoms. The highest BCUT2D eigenvalue weighted by Crippen LogP contribution is 2.35. The van der Waals surface area contributed by atoms with Crippen LogP contribution < -0.4 is 5.43 Å². The topological polar surface area (TPSA) is 41.5 Å². The van der Waals surface area contributed by atoms with E-state index in [4.69, 9.17) is 11.6 Å². The maximum Gasteiger partial charge on any atom is 0.283 e. The van der Waals surface area contributed by atoms with Gasteiger partial charge in [0.15, 0.2) is 0 Å². The van der Waals surface area contributed by atoms with Gasteiger partial charge in [-0.25, -0.2) is 5.43 Å². The number of hydrazone groups is 1. The summed E-state index contributed by atoms with van der Waals surface area (Å²) in [5.41, 5.74) is 4.64. The zero-order valence-electron chi connectivity index (χ0n) is 11.8. The minimum atomic E-state index is -0.246. The molecule has 0 atom stereocenters. The largest absolute Gasteiger partial charge is 0.283 e. The molecule has 0 spiro atoms. The molecular weight excluding hydrogens is 292 g/mol. The number of aryl methyl sites for hydroxylation is 1. The van der Waals surface area contributed by atoms with Crippen molar-refractivity contribution in [2.75, 3.05) is 0 Å². The van der Waals surface area contributed by atoms with Gasteiger partial charge in [0.2, 0.25) is 0 Å². The molecule has 2 rings (SSSR count). The van der Waals surface area contributed by atoms with Crippen molar-refractivity contribution in [1.82, 2.24) is 5.43 Å². The Morgan fingerprint density at radius 1 is 1.45 bits per heavy atom. The Bertz CT molecular complexity index is 676. The molecule has 1 heterocycles. The van der Waals surface area contributed by atoms with Crippen LogP contribution in [-0.4, -0.2) is 11.6 Å². The molecule has 0 unspecified atom stereocenters. The number of nitrogens with one attached hydrogen (secondary N) is 1. The van der Waals surface area contributed by atoms with Gasteiger partial charge in [-0.15, -0.1) is 11.3 Å². The van der Waals surface area contributed by atoms with Crippen LogP contribution in [0.15, 0.2) is 23.3 Å². The van der Waals surface area contributed by atoms with Crippen LogP contribution >= 0.6 is 22.9 Å². The lowest BCUT2D eigenvalue weighted by Gasteiger charge is -2.00. The maximum atomic E-state index is 12.1. The third-order valence-electron chi connectivity index (χ3n) is 2.95. The minimum Gasteiger partial charge on any atom is -0.266 e. The first kappa shape index (κ1) is 15.0. The highest BCUT2D eigenvalue weighted by atomic mass is 35.5. The van der Waals surface area contributed by atoms with Gasteiger partial charge in [0.05, 0.1) is 5.02 Å². The second-order valence-electron chi connectivity index (χ2n) is 4.78. The van der Waals surface area contributed by atoms with Crippen molar-refractivity contribution >= 4 is 44.6 Å². The molecule has 20 heavy (non-hydrogen) atoms. The molecule has 2 aromatic rings. The predicted molar refractivity (Wildman–Crippen MR) is 87.1 cm³/mol. The zero-order chi connectivity index (χ0) is 14.7. The number of nitrogens with zero attached hydrogens (tertiary/aromatic N) is 1. The summed E-state index contributed by atoms with van der Waals surface area (Å²) < 4.78 is 1.02. The fourth-order valence-corrected chi connectivity index (χ4v) is 3.44. The Morgan fingerprint density at radius 3 is 2.90 bits per heavy atom. The van der Waals surface area contributed by atoms with Crippen LogP contribution in [0.1, 0.15) is 41.9 Å². The zero-order valence-corrected chi connectivity index (χ0v) is 13.4. The fraction of sp³-hybridized carbons (Fsp3) is 0.333. The van der Waals surface area contributed by atoms with Crippen LogP contribution in [0, 0.1) is 6.92 Å². The number of hydrogen-bond acceptors (Lipinski definition) is 3. The quantitative estimate of drug-likeness (QED) is 0.641. The van der Waals surface area contributed by atoms with Crippen molar-refractivity contribution in [2.45, 2.75) is 33.6 Å². The van der Waals surface area contributed by atoms with Gasteiger partial charge < -0.3 is 0 Å². The number of carbonyl (C=O) groups excluding carboxylic acids is 1. The molecular formula is C15H17ClN2OS. The maximum absolute atomic E-state index is 12.1. The second kappa shape index (κ2) is 6.37. The third-order valence-corrected chi connectivity index (χ3v) is 4.61.